The zero-order chi connectivity index (χ0) is 18.8. The molecule has 3 aromatic rings. The topological polar surface area (TPSA) is 89.3 Å². The van der Waals surface area contributed by atoms with Gasteiger partial charge in [-0.1, -0.05) is 0 Å². The van der Waals surface area contributed by atoms with Crippen LogP contribution in [0.2, 0.25) is 5.28 Å². The Hall–Kier alpha value is -1.97. The smallest absolute Gasteiger partial charge is 0.407 e. The highest BCUT2D eigenvalue weighted by molar-refractivity contribution is 7.99. The monoisotopic (exact) mass is 424 g/mol. The third-order valence-electron chi connectivity index (χ3n) is 4.20. The summed E-state index contributed by atoms with van der Waals surface area (Å²) in [5, 5.41) is 6.36. The Labute approximate surface area is 168 Å². The summed E-state index contributed by atoms with van der Waals surface area (Å²) in [4.78, 5) is 22.5. The fourth-order valence-corrected chi connectivity index (χ4v) is 5.42. The van der Waals surface area contributed by atoms with Gasteiger partial charge in [-0.3, -0.25) is 0 Å². The molecule has 1 aliphatic rings. The van der Waals surface area contributed by atoms with E-state index in [0.717, 1.165) is 38.6 Å². The van der Waals surface area contributed by atoms with Crippen molar-refractivity contribution in [2.24, 2.45) is 0 Å². The molecule has 10 heteroatoms. The molecule has 4 rings (SSSR count). The van der Waals surface area contributed by atoms with Crippen molar-refractivity contribution in [1.29, 1.82) is 0 Å². The van der Waals surface area contributed by atoms with Gasteiger partial charge in [0, 0.05) is 28.7 Å². The number of hydrogen-bond donors (Lipinski definition) is 2. The number of carbonyl (C=O) groups is 1. The first-order valence-electron chi connectivity index (χ1n) is 8.36. The number of aromatic nitrogens is 2. The molecule has 0 radical (unpaired) electrons. The first-order valence-corrected chi connectivity index (χ1v) is 10.8. The van der Waals surface area contributed by atoms with Gasteiger partial charge in [-0.25, -0.2) is 9.78 Å². The Morgan fingerprint density at radius 2 is 2.37 bits per heavy atom. The van der Waals surface area contributed by atoms with E-state index in [4.69, 9.17) is 20.8 Å². The van der Waals surface area contributed by atoms with Gasteiger partial charge in [0.05, 0.1) is 24.1 Å². The van der Waals surface area contributed by atoms with Crippen molar-refractivity contribution >= 4 is 56.8 Å². The minimum Gasteiger partial charge on any atom is -0.467 e. The van der Waals surface area contributed by atoms with Gasteiger partial charge in [0.25, 0.3) is 0 Å². The standard InChI is InChI=1S/C17H17ClN4O3S2/c1-26-13-11(7-9-4-6-25-17(23)20-9)27-14-12(13)21-16(18)22-15(14)19-8-10-3-2-5-24-10/h2-3,5,9H,4,6-8H2,1H3,(H,20,23)(H,19,21,22)/t9-/m0/s1. The summed E-state index contributed by atoms with van der Waals surface area (Å²) in [6, 6.07) is 3.79. The molecule has 0 saturated carbocycles. The number of furan rings is 1. The Morgan fingerprint density at radius 3 is 3.11 bits per heavy atom. The summed E-state index contributed by atoms with van der Waals surface area (Å²) in [6.07, 6.45) is 4.79. The van der Waals surface area contributed by atoms with E-state index in [0.29, 0.717) is 19.0 Å². The number of amides is 1. The number of thiophene rings is 1. The average molecular weight is 425 g/mol. The summed E-state index contributed by atoms with van der Waals surface area (Å²) in [5.74, 6) is 1.49. The molecule has 1 amide bonds. The van der Waals surface area contributed by atoms with Gasteiger partial charge in [0.1, 0.15) is 17.1 Å². The minimum absolute atomic E-state index is 0.0492. The van der Waals surface area contributed by atoms with Gasteiger partial charge in [0.15, 0.2) is 0 Å². The van der Waals surface area contributed by atoms with Gasteiger partial charge in [0.2, 0.25) is 5.28 Å². The van der Waals surface area contributed by atoms with Crippen LogP contribution < -0.4 is 10.6 Å². The molecule has 27 heavy (non-hydrogen) atoms. The molecule has 7 nitrogen and oxygen atoms in total. The number of cyclic esters (lactones) is 1. The highest BCUT2D eigenvalue weighted by atomic mass is 35.5. The molecule has 2 N–H and O–H groups in total. The normalized spacial score (nSPS) is 17.0. The lowest BCUT2D eigenvalue weighted by Crippen LogP contribution is -2.42. The second-order valence-electron chi connectivity index (χ2n) is 5.98. The second-order valence-corrected chi connectivity index (χ2v) is 8.24. The number of halogens is 1. The Morgan fingerprint density at radius 1 is 1.48 bits per heavy atom. The fourth-order valence-electron chi connectivity index (χ4n) is 2.98. The van der Waals surface area contributed by atoms with Crippen molar-refractivity contribution in [3.05, 3.63) is 34.3 Å². The molecule has 4 heterocycles. The summed E-state index contributed by atoms with van der Waals surface area (Å²) < 4.78 is 11.3. The van der Waals surface area contributed by atoms with Gasteiger partial charge >= 0.3 is 6.09 Å². The van der Waals surface area contributed by atoms with Crippen LogP contribution in [0.25, 0.3) is 10.2 Å². The summed E-state index contributed by atoms with van der Waals surface area (Å²) in [7, 11) is 0. The van der Waals surface area contributed by atoms with Crippen molar-refractivity contribution < 1.29 is 13.9 Å². The van der Waals surface area contributed by atoms with Crippen molar-refractivity contribution in [2.45, 2.75) is 30.3 Å². The van der Waals surface area contributed by atoms with Crippen LogP contribution in [0.5, 0.6) is 0 Å². The van der Waals surface area contributed by atoms with E-state index < -0.39 is 0 Å². The van der Waals surface area contributed by atoms with E-state index in [1.54, 1.807) is 29.4 Å². The van der Waals surface area contributed by atoms with Crippen molar-refractivity contribution in [1.82, 2.24) is 15.3 Å². The summed E-state index contributed by atoms with van der Waals surface area (Å²) in [5.41, 5.74) is 0.836. The molecule has 1 atom stereocenters. The zero-order valence-electron chi connectivity index (χ0n) is 14.5. The molecule has 1 fully saturated rings. The molecular formula is C17H17ClN4O3S2. The molecule has 1 saturated heterocycles. The number of ether oxygens (including phenoxy) is 1. The molecule has 0 spiro atoms. The average Bonchev–Trinajstić information content (AvgIpc) is 3.27. The zero-order valence-corrected chi connectivity index (χ0v) is 16.8. The molecule has 142 valence electrons. The van der Waals surface area contributed by atoms with E-state index in [1.807, 2.05) is 18.4 Å². The van der Waals surface area contributed by atoms with Crippen LogP contribution in [-0.2, 0) is 17.7 Å². The van der Waals surface area contributed by atoms with Crippen LogP contribution >= 0.6 is 34.7 Å². The van der Waals surface area contributed by atoms with E-state index in [2.05, 4.69) is 20.6 Å². The summed E-state index contributed by atoms with van der Waals surface area (Å²) in [6.45, 7) is 0.949. The number of carbonyl (C=O) groups excluding carboxylic acids is 1. The number of thioether (sulfide) groups is 1. The van der Waals surface area contributed by atoms with Crippen molar-refractivity contribution in [3.63, 3.8) is 0 Å². The predicted octanol–water partition coefficient (Wildman–Crippen LogP) is 4.31. The largest absolute Gasteiger partial charge is 0.467 e. The van der Waals surface area contributed by atoms with Gasteiger partial charge in [-0.2, -0.15) is 4.98 Å². The number of nitrogens with zero attached hydrogens (tertiary/aromatic N) is 2. The molecule has 3 aromatic heterocycles. The number of alkyl carbamates (subject to hydrolysis) is 1. The molecule has 1 aliphatic heterocycles. The quantitative estimate of drug-likeness (QED) is 0.450. The lowest BCUT2D eigenvalue weighted by atomic mass is 10.1. The van der Waals surface area contributed by atoms with E-state index in [9.17, 15) is 4.79 Å². The molecule has 0 unspecified atom stereocenters. The van der Waals surface area contributed by atoms with Crippen LogP contribution in [0.15, 0.2) is 27.7 Å². The molecule has 0 bridgehead atoms. The van der Waals surface area contributed by atoms with Crippen LogP contribution in [0.4, 0.5) is 10.6 Å². The van der Waals surface area contributed by atoms with E-state index in [-0.39, 0.29) is 17.4 Å². The number of hydrogen-bond acceptors (Lipinski definition) is 8. The first kappa shape index (κ1) is 18.4. The molecule has 0 aliphatic carbocycles. The van der Waals surface area contributed by atoms with Crippen LogP contribution in [-0.4, -0.2) is 35.0 Å². The van der Waals surface area contributed by atoms with Gasteiger partial charge in [-0.05, 0) is 30.0 Å². The maximum atomic E-state index is 11.5. The predicted molar refractivity (Wildman–Crippen MR) is 107 cm³/mol. The van der Waals surface area contributed by atoms with Crippen molar-refractivity contribution in [2.75, 3.05) is 18.2 Å². The van der Waals surface area contributed by atoms with E-state index >= 15 is 0 Å². The van der Waals surface area contributed by atoms with Crippen LogP contribution in [0, 0.1) is 0 Å². The van der Waals surface area contributed by atoms with Crippen molar-refractivity contribution in [3.8, 4) is 0 Å². The third kappa shape index (κ3) is 3.99. The maximum absolute atomic E-state index is 11.5. The third-order valence-corrected chi connectivity index (χ3v) is 6.55. The maximum Gasteiger partial charge on any atom is 0.407 e. The number of anilines is 1. The lowest BCUT2D eigenvalue weighted by Gasteiger charge is -2.23. The Kier molecular flexibility index (Phi) is 5.42. The number of fused-ring (bicyclic) bond motifs is 1. The van der Waals surface area contributed by atoms with E-state index in [1.165, 1.54) is 0 Å². The van der Waals surface area contributed by atoms with Gasteiger partial charge < -0.3 is 19.8 Å². The Bertz CT molecular complexity index is 961. The SMILES string of the molecule is CSc1c(C[C@@H]2CCOC(=O)N2)sc2c(NCc3ccco3)nc(Cl)nc12. The first-order chi connectivity index (χ1) is 13.1. The lowest BCUT2D eigenvalue weighted by molar-refractivity contribution is 0.115. The highest BCUT2D eigenvalue weighted by Crippen LogP contribution is 2.40. The molecule has 0 aromatic carbocycles. The number of rotatable bonds is 6. The van der Waals surface area contributed by atoms with Gasteiger partial charge in [-0.15, -0.1) is 23.1 Å². The van der Waals surface area contributed by atoms with Crippen LogP contribution in [0.1, 0.15) is 17.1 Å². The summed E-state index contributed by atoms with van der Waals surface area (Å²) >= 11 is 9.42. The highest BCUT2D eigenvalue weighted by Gasteiger charge is 2.24. The number of nitrogens with one attached hydrogen (secondary N) is 2. The Balaban J connectivity index is 1.66. The second kappa shape index (κ2) is 7.95. The minimum atomic E-state index is -0.360. The fraction of sp³-hybridized carbons (Fsp3) is 0.353. The van der Waals surface area contributed by atoms with Crippen LogP contribution in [0.3, 0.4) is 0 Å². The molecular weight excluding hydrogens is 408 g/mol.